The maximum Gasteiger partial charge on any atom is 0.293 e. The van der Waals surface area contributed by atoms with Gasteiger partial charge >= 0.3 is 0 Å². The van der Waals surface area contributed by atoms with Crippen LogP contribution in [0.4, 0.5) is 15.9 Å². The molecule has 170 valence electrons. The fraction of sp³-hybridized carbons (Fsp3) is 0.478. The lowest BCUT2D eigenvalue weighted by Crippen LogP contribution is -2.19. The van der Waals surface area contributed by atoms with Crippen LogP contribution >= 0.6 is 0 Å². The average molecular weight is 442 g/mol. The van der Waals surface area contributed by atoms with Crippen LogP contribution in [0, 0.1) is 5.82 Å². The molecule has 2 unspecified atom stereocenters. The SMILES string of the molecule is CC(C)(C)OC=O.O=CN(c1cnc(C2CC2)cn1)c1ccc(C23CN2CCO3)cc1F. The quantitative estimate of drug-likeness (QED) is 0.502. The van der Waals surface area contributed by atoms with Crippen molar-refractivity contribution in [2.75, 3.05) is 24.6 Å². The Hall–Kier alpha value is -2.91. The zero-order chi connectivity index (χ0) is 22.9. The molecule has 0 N–H and O–H groups in total. The number of ether oxygens (including phenoxy) is 2. The van der Waals surface area contributed by atoms with Gasteiger partial charge in [0.25, 0.3) is 6.47 Å². The topological polar surface area (TPSA) is 84.6 Å². The first-order valence-electron chi connectivity index (χ1n) is 10.6. The van der Waals surface area contributed by atoms with Crippen LogP contribution in [0.25, 0.3) is 0 Å². The molecule has 1 aromatic heterocycles. The van der Waals surface area contributed by atoms with Crippen molar-refractivity contribution in [2.24, 2.45) is 0 Å². The van der Waals surface area contributed by atoms with E-state index in [4.69, 9.17) is 4.74 Å². The van der Waals surface area contributed by atoms with Crippen molar-refractivity contribution in [1.82, 2.24) is 14.9 Å². The van der Waals surface area contributed by atoms with Crippen molar-refractivity contribution < 1.29 is 23.5 Å². The highest BCUT2D eigenvalue weighted by atomic mass is 19.1. The molecule has 1 aromatic carbocycles. The van der Waals surface area contributed by atoms with Crippen molar-refractivity contribution in [3.63, 3.8) is 0 Å². The van der Waals surface area contributed by atoms with E-state index >= 15 is 0 Å². The number of rotatable bonds is 6. The Balaban J connectivity index is 0.000000307. The van der Waals surface area contributed by atoms with Gasteiger partial charge in [0, 0.05) is 24.6 Å². The van der Waals surface area contributed by atoms with E-state index < -0.39 is 11.5 Å². The minimum Gasteiger partial charge on any atom is -0.462 e. The van der Waals surface area contributed by atoms with Gasteiger partial charge in [-0.05, 0) is 45.7 Å². The van der Waals surface area contributed by atoms with Gasteiger partial charge in [-0.2, -0.15) is 0 Å². The van der Waals surface area contributed by atoms with E-state index in [2.05, 4.69) is 19.6 Å². The Labute approximate surface area is 186 Å². The Bertz CT molecular complexity index is 990. The summed E-state index contributed by atoms with van der Waals surface area (Å²) >= 11 is 0. The Morgan fingerprint density at radius 3 is 2.47 bits per heavy atom. The number of morpholine rings is 1. The van der Waals surface area contributed by atoms with Crippen LogP contribution in [-0.2, 0) is 24.8 Å². The highest BCUT2D eigenvalue weighted by Crippen LogP contribution is 2.48. The molecule has 0 spiro atoms. The van der Waals surface area contributed by atoms with Crippen LogP contribution in [0.1, 0.15) is 50.8 Å². The van der Waals surface area contributed by atoms with Gasteiger partial charge in [0.15, 0.2) is 11.5 Å². The largest absolute Gasteiger partial charge is 0.462 e. The summed E-state index contributed by atoms with van der Waals surface area (Å²) in [5, 5.41) is 0. The van der Waals surface area contributed by atoms with Crippen molar-refractivity contribution in [2.45, 2.75) is 50.9 Å². The third kappa shape index (κ3) is 4.63. The van der Waals surface area contributed by atoms with Crippen LogP contribution in [-0.4, -0.2) is 53.0 Å². The number of halogens is 1. The normalized spacial score (nSPS) is 23.4. The molecule has 5 rings (SSSR count). The van der Waals surface area contributed by atoms with Crippen LogP contribution in [0.5, 0.6) is 0 Å². The van der Waals surface area contributed by atoms with Gasteiger partial charge in [-0.3, -0.25) is 24.4 Å². The molecule has 3 fully saturated rings. The van der Waals surface area contributed by atoms with Crippen LogP contribution in [0.15, 0.2) is 30.6 Å². The van der Waals surface area contributed by atoms with Crippen LogP contribution in [0.3, 0.4) is 0 Å². The van der Waals surface area contributed by atoms with E-state index in [1.807, 2.05) is 26.8 Å². The van der Waals surface area contributed by atoms with Gasteiger partial charge in [0.1, 0.15) is 11.4 Å². The number of hydrogen-bond donors (Lipinski definition) is 0. The van der Waals surface area contributed by atoms with E-state index in [1.54, 1.807) is 12.3 Å². The maximum atomic E-state index is 14.7. The second-order valence-corrected chi connectivity index (χ2v) is 9.10. The standard InChI is InChI=1S/C18H17FN4O2.C5H10O2/c19-14-7-13(18-10-22(18)5-6-25-18)3-4-16(14)23(11-24)17-9-20-15(8-21-17)12-1-2-12;1-5(2,3)7-4-6/h3-4,7-9,11-12H,1-2,5-6,10H2;4H,1-3H3. The first kappa shape index (κ1) is 22.3. The molecule has 2 atom stereocenters. The van der Waals surface area contributed by atoms with E-state index in [1.165, 1.54) is 17.2 Å². The molecular formula is C23H27FN4O4. The van der Waals surface area contributed by atoms with Crippen LogP contribution < -0.4 is 4.90 Å². The maximum absolute atomic E-state index is 14.7. The number of aromatic nitrogens is 2. The second kappa shape index (κ2) is 8.55. The van der Waals surface area contributed by atoms with Crippen LogP contribution in [0.2, 0.25) is 0 Å². The zero-order valence-corrected chi connectivity index (χ0v) is 18.5. The molecule has 3 heterocycles. The Morgan fingerprint density at radius 2 is 2.03 bits per heavy atom. The molecule has 1 saturated carbocycles. The van der Waals surface area contributed by atoms with Gasteiger partial charge in [-0.1, -0.05) is 6.07 Å². The predicted octanol–water partition coefficient (Wildman–Crippen LogP) is 3.24. The lowest BCUT2D eigenvalue weighted by molar-refractivity contribution is -0.138. The monoisotopic (exact) mass is 442 g/mol. The minimum atomic E-state index is -0.477. The molecule has 1 aliphatic carbocycles. The van der Waals surface area contributed by atoms with Crippen molar-refractivity contribution in [1.29, 1.82) is 0 Å². The van der Waals surface area contributed by atoms with Gasteiger partial charge in [-0.25, -0.2) is 9.37 Å². The number of amides is 1. The molecule has 3 aliphatic rings. The molecular weight excluding hydrogens is 415 g/mol. The molecule has 1 amide bonds. The summed E-state index contributed by atoms with van der Waals surface area (Å²) in [4.78, 5) is 33.1. The van der Waals surface area contributed by atoms with E-state index in [-0.39, 0.29) is 11.3 Å². The van der Waals surface area contributed by atoms with E-state index in [0.29, 0.717) is 31.2 Å². The number of carbonyl (C=O) groups is 2. The summed E-state index contributed by atoms with van der Waals surface area (Å²) in [6.45, 7) is 8.24. The Morgan fingerprint density at radius 1 is 1.25 bits per heavy atom. The number of fused-ring (bicyclic) bond motifs is 1. The highest BCUT2D eigenvalue weighted by Gasteiger charge is 2.58. The molecule has 0 bridgehead atoms. The van der Waals surface area contributed by atoms with Crippen molar-refractivity contribution >= 4 is 24.4 Å². The summed E-state index contributed by atoms with van der Waals surface area (Å²) in [7, 11) is 0. The summed E-state index contributed by atoms with van der Waals surface area (Å²) < 4.78 is 25.0. The highest BCUT2D eigenvalue weighted by molar-refractivity contribution is 5.84. The van der Waals surface area contributed by atoms with Crippen molar-refractivity contribution in [3.05, 3.63) is 47.7 Å². The van der Waals surface area contributed by atoms with E-state index in [0.717, 1.165) is 37.2 Å². The van der Waals surface area contributed by atoms with Gasteiger partial charge in [0.2, 0.25) is 6.41 Å². The summed E-state index contributed by atoms with van der Waals surface area (Å²) in [6.07, 6.45) is 6.01. The number of carbonyl (C=O) groups excluding carboxylic acids is 2. The third-order valence-corrected chi connectivity index (χ3v) is 5.58. The van der Waals surface area contributed by atoms with Gasteiger partial charge in [0.05, 0.1) is 30.4 Å². The summed E-state index contributed by atoms with van der Waals surface area (Å²) in [5.74, 6) is 0.318. The predicted molar refractivity (Wildman–Crippen MR) is 115 cm³/mol. The molecule has 32 heavy (non-hydrogen) atoms. The number of nitrogens with zero attached hydrogens (tertiary/aromatic N) is 4. The molecule has 9 heteroatoms. The van der Waals surface area contributed by atoms with E-state index in [9.17, 15) is 14.0 Å². The zero-order valence-electron chi connectivity index (χ0n) is 18.5. The van der Waals surface area contributed by atoms with Gasteiger partial charge < -0.3 is 9.47 Å². The smallest absolute Gasteiger partial charge is 0.293 e. The Kier molecular flexibility index (Phi) is 5.96. The number of benzene rings is 1. The second-order valence-electron chi connectivity index (χ2n) is 9.10. The molecule has 0 radical (unpaired) electrons. The fourth-order valence-corrected chi connectivity index (χ4v) is 3.67. The number of anilines is 2. The number of hydrogen-bond acceptors (Lipinski definition) is 7. The first-order valence-corrected chi connectivity index (χ1v) is 10.6. The molecule has 2 aromatic rings. The summed E-state index contributed by atoms with van der Waals surface area (Å²) in [5.41, 5.74) is 1.09. The molecule has 2 aliphatic heterocycles. The van der Waals surface area contributed by atoms with Gasteiger partial charge in [-0.15, -0.1) is 0 Å². The minimum absolute atomic E-state index is 0.161. The third-order valence-electron chi connectivity index (χ3n) is 5.58. The summed E-state index contributed by atoms with van der Waals surface area (Å²) in [6, 6.07) is 4.86. The molecule has 2 saturated heterocycles. The average Bonchev–Trinajstić information content (AvgIpc) is 3.68. The first-order chi connectivity index (χ1) is 15.3. The fourth-order valence-electron chi connectivity index (χ4n) is 3.67. The molecule has 8 nitrogen and oxygen atoms in total. The lowest BCUT2D eigenvalue weighted by Gasteiger charge is -2.19. The van der Waals surface area contributed by atoms with Crippen molar-refractivity contribution in [3.8, 4) is 0 Å². The lowest BCUT2D eigenvalue weighted by atomic mass is 10.1.